The van der Waals surface area contributed by atoms with Crippen LogP contribution in [-0.4, -0.2) is 6.61 Å². The Kier molecular flexibility index (Phi) is 3.56. The standard InChI is InChI=1S/C18H16N2O2/c1-11(2)10-22-15-9-5-8-14-16(15)17(20-19)12-6-3-4-7-13(12)18(14)21/h3-9,11H,10H2,1-2H3. The van der Waals surface area contributed by atoms with Crippen molar-refractivity contribution in [1.82, 2.24) is 0 Å². The van der Waals surface area contributed by atoms with Crippen LogP contribution in [0, 0.1) is 11.3 Å². The van der Waals surface area contributed by atoms with E-state index in [0.717, 1.165) is 0 Å². The third-order valence-electron chi connectivity index (χ3n) is 3.61. The van der Waals surface area contributed by atoms with E-state index in [9.17, 15) is 10.5 Å². The Bertz CT molecular complexity index is 895. The highest BCUT2D eigenvalue weighted by Crippen LogP contribution is 2.44. The van der Waals surface area contributed by atoms with E-state index in [2.05, 4.69) is 18.8 Å². The molecule has 0 saturated heterocycles. The summed E-state index contributed by atoms with van der Waals surface area (Å²) in [6.07, 6.45) is 0. The summed E-state index contributed by atoms with van der Waals surface area (Å²) >= 11 is 0. The Balaban J connectivity index is 2.39. The third kappa shape index (κ3) is 2.21. The van der Waals surface area contributed by atoms with Gasteiger partial charge in [0.15, 0.2) is 4.98 Å². The Morgan fingerprint density at radius 3 is 2.41 bits per heavy atom. The van der Waals surface area contributed by atoms with Gasteiger partial charge in [0.25, 0.3) is 0 Å². The molecule has 0 aromatic heterocycles. The molecule has 0 aliphatic rings. The van der Waals surface area contributed by atoms with Crippen LogP contribution in [0.15, 0.2) is 42.5 Å². The topological polar surface area (TPSA) is 60.4 Å². The molecule has 0 heterocycles. The molecule has 0 unspecified atom stereocenters. The molecule has 22 heavy (non-hydrogen) atoms. The number of rotatable bonds is 3. The van der Waals surface area contributed by atoms with E-state index in [4.69, 9.17) is 4.74 Å². The number of benzene rings is 3. The van der Waals surface area contributed by atoms with E-state index in [1.54, 1.807) is 36.4 Å². The molecule has 4 nitrogen and oxygen atoms in total. The number of hydrogen-bond donors (Lipinski definition) is 0. The number of ether oxygens (including phenoxy) is 1. The minimum Gasteiger partial charge on any atom is -0.872 e. The predicted molar refractivity (Wildman–Crippen MR) is 86.0 cm³/mol. The largest absolute Gasteiger partial charge is 0.872 e. The second-order valence-corrected chi connectivity index (χ2v) is 5.71. The zero-order valence-corrected chi connectivity index (χ0v) is 12.5. The molecule has 110 valence electrons. The smallest absolute Gasteiger partial charge is 0.404 e. The highest BCUT2D eigenvalue weighted by Gasteiger charge is 2.22. The molecular formula is C18H16N2O2. The maximum Gasteiger partial charge on any atom is 0.404 e. The summed E-state index contributed by atoms with van der Waals surface area (Å²) in [5.41, 5.74) is 0.379. The third-order valence-corrected chi connectivity index (χ3v) is 3.61. The predicted octanol–water partition coefficient (Wildman–Crippen LogP) is 4.59. The van der Waals surface area contributed by atoms with Crippen molar-refractivity contribution in [2.24, 2.45) is 5.92 Å². The van der Waals surface area contributed by atoms with Crippen molar-refractivity contribution in [1.29, 1.82) is 5.39 Å². The lowest BCUT2D eigenvalue weighted by atomic mass is 9.99. The molecule has 0 spiro atoms. The zero-order valence-electron chi connectivity index (χ0n) is 12.5. The second-order valence-electron chi connectivity index (χ2n) is 5.71. The van der Waals surface area contributed by atoms with Gasteiger partial charge >= 0.3 is 5.69 Å². The number of hydrogen-bond acceptors (Lipinski definition) is 3. The van der Waals surface area contributed by atoms with Crippen LogP contribution in [0.25, 0.3) is 26.5 Å². The minimum atomic E-state index is -0.0759. The monoisotopic (exact) mass is 292 g/mol. The average Bonchev–Trinajstić information content (AvgIpc) is 2.53. The average molecular weight is 292 g/mol. The lowest BCUT2D eigenvalue weighted by molar-refractivity contribution is -0.263. The lowest BCUT2D eigenvalue weighted by Gasteiger charge is -2.16. The SMILES string of the molecule is CC(C)COc1cccc2c([O-])c3ccccc3c([N+]#N)c12. The van der Waals surface area contributed by atoms with Crippen LogP contribution in [0.5, 0.6) is 11.5 Å². The van der Waals surface area contributed by atoms with E-state index in [1.807, 2.05) is 6.07 Å². The molecule has 0 fully saturated rings. The van der Waals surface area contributed by atoms with Crippen molar-refractivity contribution in [3.05, 3.63) is 47.4 Å². The summed E-state index contributed by atoms with van der Waals surface area (Å²) in [5.74, 6) is 0.854. The van der Waals surface area contributed by atoms with Gasteiger partial charge in [-0.25, -0.2) is 0 Å². The van der Waals surface area contributed by atoms with Crippen LogP contribution in [0.3, 0.4) is 0 Å². The van der Waals surface area contributed by atoms with Crippen LogP contribution in [-0.2, 0) is 0 Å². The summed E-state index contributed by atoms with van der Waals surface area (Å²) < 4.78 is 5.82. The maximum absolute atomic E-state index is 12.7. The Morgan fingerprint density at radius 1 is 1.05 bits per heavy atom. The van der Waals surface area contributed by atoms with Gasteiger partial charge in [0.2, 0.25) is 5.39 Å². The van der Waals surface area contributed by atoms with Gasteiger partial charge in [0.1, 0.15) is 11.1 Å². The van der Waals surface area contributed by atoms with Gasteiger partial charge in [-0.15, -0.1) is 0 Å². The van der Waals surface area contributed by atoms with Crippen LogP contribution in [0.2, 0.25) is 0 Å². The molecule has 0 atom stereocenters. The van der Waals surface area contributed by atoms with E-state index >= 15 is 0 Å². The first kappa shape index (κ1) is 14.2. The first-order valence-corrected chi connectivity index (χ1v) is 7.25. The first-order chi connectivity index (χ1) is 10.6. The van der Waals surface area contributed by atoms with Crippen LogP contribution in [0.4, 0.5) is 5.69 Å². The zero-order chi connectivity index (χ0) is 15.7. The molecule has 0 saturated carbocycles. The summed E-state index contributed by atoms with van der Waals surface area (Å²) in [6, 6.07) is 12.5. The summed E-state index contributed by atoms with van der Waals surface area (Å²) in [6.45, 7) is 4.64. The Labute approximate surface area is 128 Å². The molecule has 0 N–H and O–H groups in total. The van der Waals surface area contributed by atoms with Crippen LogP contribution >= 0.6 is 0 Å². The fourth-order valence-corrected chi connectivity index (χ4v) is 2.61. The van der Waals surface area contributed by atoms with Crippen molar-refractivity contribution in [2.45, 2.75) is 13.8 Å². The second kappa shape index (κ2) is 5.53. The molecule has 0 aliphatic heterocycles. The van der Waals surface area contributed by atoms with E-state index in [1.165, 1.54) is 0 Å². The van der Waals surface area contributed by atoms with Crippen molar-refractivity contribution in [3.63, 3.8) is 0 Å². The molecule has 3 aromatic rings. The minimum absolute atomic E-state index is 0.0759. The normalized spacial score (nSPS) is 11.0. The molecule has 3 aromatic carbocycles. The maximum atomic E-state index is 12.7. The van der Waals surface area contributed by atoms with Crippen molar-refractivity contribution in [2.75, 3.05) is 6.61 Å². The fourth-order valence-electron chi connectivity index (χ4n) is 2.61. The first-order valence-electron chi connectivity index (χ1n) is 7.25. The van der Waals surface area contributed by atoms with Gasteiger partial charge in [-0.3, -0.25) is 0 Å². The van der Waals surface area contributed by atoms with Gasteiger partial charge in [0.05, 0.1) is 12.0 Å². The van der Waals surface area contributed by atoms with Crippen LogP contribution < -0.4 is 9.84 Å². The Morgan fingerprint density at radius 2 is 1.73 bits per heavy atom. The number of fused-ring (bicyclic) bond motifs is 2. The Hall–Kier alpha value is -2.80. The van der Waals surface area contributed by atoms with Crippen molar-refractivity contribution >= 4 is 27.2 Å². The molecular weight excluding hydrogens is 276 g/mol. The summed E-state index contributed by atoms with van der Waals surface area (Å²) in [5, 5.41) is 24.4. The highest BCUT2D eigenvalue weighted by atomic mass is 16.5. The van der Waals surface area contributed by atoms with Gasteiger partial charge in [0, 0.05) is 0 Å². The quantitative estimate of drug-likeness (QED) is 0.524. The van der Waals surface area contributed by atoms with Gasteiger partial charge < -0.3 is 9.84 Å². The molecule has 0 radical (unpaired) electrons. The molecule has 3 rings (SSSR count). The fraction of sp³-hybridized carbons (Fsp3) is 0.222. The van der Waals surface area contributed by atoms with Crippen molar-refractivity contribution in [3.8, 4) is 11.5 Å². The molecule has 4 heteroatoms. The van der Waals surface area contributed by atoms with Gasteiger partial charge in [-0.1, -0.05) is 49.9 Å². The van der Waals surface area contributed by atoms with Crippen LogP contribution in [0.1, 0.15) is 13.8 Å². The molecule has 0 bridgehead atoms. The lowest BCUT2D eigenvalue weighted by Crippen LogP contribution is -2.05. The van der Waals surface area contributed by atoms with Gasteiger partial charge in [-0.2, -0.15) is 0 Å². The number of diazo groups is 1. The van der Waals surface area contributed by atoms with Crippen molar-refractivity contribution < 1.29 is 9.84 Å². The highest BCUT2D eigenvalue weighted by molar-refractivity contribution is 6.17. The van der Waals surface area contributed by atoms with E-state index < -0.39 is 0 Å². The van der Waals surface area contributed by atoms with Gasteiger partial charge in [-0.05, 0) is 28.8 Å². The molecule has 0 aliphatic carbocycles. The van der Waals surface area contributed by atoms with E-state index in [-0.39, 0.29) is 5.75 Å². The molecule has 0 amide bonds. The van der Waals surface area contributed by atoms with E-state index in [0.29, 0.717) is 45.5 Å². The summed E-state index contributed by atoms with van der Waals surface area (Å²) in [4.78, 5) is 3.44. The number of nitrogens with zero attached hydrogens (tertiary/aromatic N) is 2. The summed E-state index contributed by atoms with van der Waals surface area (Å²) in [7, 11) is 0.